The zero-order valence-electron chi connectivity index (χ0n) is 9.52. The Bertz CT molecular complexity index is 528. The molecule has 1 aromatic carbocycles. The standard InChI is InChI=1S/C13H13NO4/c15-11-6-7-12(16)14(11)10(13(17)18)8-9-4-2-1-3-5-9/h1-7,10,15-16H,8H2,(H,17,18). The SMILES string of the molecule is O=C(O)C(Cc1ccccc1)n1c(O)ccc1O. The molecule has 0 saturated carbocycles. The Balaban J connectivity index is 2.33. The van der Waals surface area contributed by atoms with Crippen LogP contribution in [-0.2, 0) is 11.2 Å². The first-order valence-electron chi connectivity index (χ1n) is 5.45. The maximum atomic E-state index is 11.3. The van der Waals surface area contributed by atoms with Gasteiger partial charge in [0.1, 0.15) is 6.04 Å². The molecule has 1 atom stereocenters. The highest BCUT2D eigenvalue weighted by atomic mass is 16.4. The van der Waals surface area contributed by atoms with Gasteiger partial charge < -0.3 is 15.3 Å². The molecule has 1 aromatic heterocycles. The molecule has 0 saturated heterocycles. The third-order valence-corrected chi connectivity index (χ3v) is 2.74. The van der Waals surface area contributed by atoms with Gasteiger partial charge >= 0.3 is 5.97 Å². The molecule has 0 aliphatic carbocycles. The van der Waals surface area contributed by atoms with Gasteiger partial charge in [0, 0.05) is 18.6 Å². The van der Waals surface area contributed by atoms with Gasteiger partial charge in [-0.1, -0.05) is 30.3 Å². The van der Waals surface area contributed by atoms with Crippen molar-refractivity contribution in [3.63, 3.8) is 0 Å². The Kier molecular flexibility index (Phi) is 3.23. The number of hydrogen-bond donors (Lipinski definition) is 3. The molecule has 3 N–H and O–H groups in total. The van der Waals surface area contributed by atoms with Gasteiger partial charge in [0.25, 0.3) is 0 Å². The molecule has 0 aliphatic rings. The summed E-state index contributed by atoms with van der Waals surface area (Å²) in [5.41, 5.74) is 0.817. The molecule has 1 heterocycles. The van der Waals surface area contributed by atoms with Crippen molar-refractivity contribution < 1.29 is 20.1 Å². The number of carbonyl (C=O) groups is 1. The van der Waals surface area contributed by atoms with Gasteiger partial charge in [0.15, 0.2) is 11.8 Å². The zero-order valence-corrected chi connectivity index (χ0v) is 9.52. The maximum Gasteiger partial charge on any atom is 0.327 e. The van der Waals surface area contributed by atoms with Gasteiger partial charge in [0.2, 0.25) is 0 Å². The van der Waals surface area contributed by atoms with E-state index in [1.54, 1.807) is 12.1 Å². The Morgan fingerprint density at radius 3 is 2.11 bits per heavy atom. The van der Waals surface area contributed by atoms with E-state index in [1.807, 2.05) is 18.2 Å². The molecule has 0 spiro atoms. The maximum absolute atomic E-state index is 11.3. The van der Waals surface area contributed by atoms with Gasteiger partial charge in [-0.05, 0) is 5.56 Å². The fourth-order valence-electron chi connectivity index (χ4n) is 1.87. The minimum absolute atomic E-state index is 0.186. The molecule has 5 heteroatoms. The van der Waals surface area contributed by atoms with Crippen LogP contribution in [0.2, 0.25) is 0 Å². The molecular weight excluding hydrogens is 234 g/mol. The van der Waals surface area contributed by atoms with Crippen LogP contribution in [0.25, 0.3) is 0 Å². The first-order chi connectivity index (χ1) is 8.59. The average molecular weight is 247 g/mol. The highest BCUT2D eigenvalue weighted by molar-refractivity contribution is 5.73. The van der Waals surface area contributed by atoms with Crippen molar-refractivity contribution in [1.82, 2.24) is 4.57 Å². The third kappa shape index (κ3) is 2.29. The summed E-state index contributed by atoms with van der Waals surface area (Å²) in [7, 11) is 0. The molecule has 18 heavy (non-hydrogen) atoms. The number of nitrogens with zero attached hydrogens (tertiary/aromatic N) is 1. The molecule has 0 amide bonds. The normalized spacial score (nSPS) is 12.2. The minimum Gasteiger partial charge on any atom is -0.494 e. The molecule has 0 fully saturated rings. The predicted molar refractivity (Wildman–Crippen MR) is 64.6 cm³/mol. The fourth-order valence-corrected chi connectivity index (χ4v) is 1.87. The van der Waals surface area contributed by atoms with Crippen molar-refractivity contribution in [2.24, 2.45) is 0 Å². The molecule has 0 aliphatic heterocycles. The third-order valence-electron chi connectivity index (χ3n) is 2.74. The first-order valence-corrected chi connectivity index (χ1v) is 5.45. The van der Waals surface area contributed by atoms with Crippen LogP contribution in [0.1, 0.15) is 11.6 Å². The number of hydrogen-bond acceptors (Lipinski definition) is 3. The fraction of sp³-hybridized carbons (Fsp3) is 0.154. The molecule has 2 aromatic rings. The minimum atomic E-state index is -1.11. The first kappa shape index (κ1) is 12.0. The Morgan fingerprint density at radius 2 is 1.61 bits per heavy atom. The number of rotatable bonds is 4. The highest BCUT2D eigenvalue weighted by Crippen LogP contribution is 2.28. The number of aromatic hydroxyl groups is 2. The summed E-state index contributed by atoms with van der Waals surface area (Å²) in [5, 5.41) is 28.3. The van der Waals surface area contributed by atoms with E-state index in [0.29, 0.717) is 0 Å². The van der Waals surface area contributed by atoms with Gasteiger partial charge in [-0.25, -0.2) is 4.79 Å². The van der Waals surface area contributed by atoms with Crippen LogP contribution < -0.4 is 0 Å². The Hall–Kier alpha value is -2.43. The van der Waals surface area contributed by atoms with Gasteiger partial charge in [-0.15, -0.1) is 0 Å². The topological polar surface area (TPSA) is 82.7 Å². The van der Waals surface area contributed by atoms with Crippen molar-refractivity contribution in [3.05, 3.63) is 48.0 Å². The predicted octanol–water partition coefficient (Wildman–Crippen LogP) is 1.77. The van der Waals surface area contributed by atoms with E-state index in [-0.39, 0.29) is 18.2 Å². The van der Waals surface area contributed by atoms with E-state index < -0.39 is 12.0 Å². The second-order valence-electron chi connectivity index (χ2n) is 3.96. The molecule has 0 bridgehead atoms. The van der Waals surface area contributed by atoms with Crippen LogP contribution in [0, 0.1) is 0 Å². The number of aliphatic carboxylic acids is 1. The molecule has 94 valence electrons. The van der Waals surface area contributed by atoms with Crippen molar-refractivity contribution >= 4 is 5.97 Å². The lowest BCUT2D eigenvalue weighted by Crippen LogP contribution is -2.20. The summed E-state index contributed by atoms with van der Waals surface area (Å²) in [6.45, 7) is 0. The summed E-state index contributed by atoms with van der Waals surface area (Å²) in [4.78, 5) is 11.3. The van der Waals surface area contributed by atoms with E-state index in [2.05, 4.69) is 0 Å². The van der Waals surface area contributed by atoms with Crippen molar-refractivity contribution in [2.45, 2.75) is 12.5 Å². The van der Waals surface area contributed by atoms with Crippen LogP contribution >= 0.6 is 0 Å². The monoisotopic (exact) mass is 247 g/mol. The van der Waals surface area contributed by atoms with Crippen LogP contribution in [0.3, 0.4) is 0 Å². The van der Waals surface area contributed by atoms with Crippen LogP contribution in [0.4, 0.5) is 0 Å². The van der Waals surface area contributed by atoms with E-state index in [0.717, 1.165) is 10.1 Å². The summed E-state index contributed by atoms with van der Waals surface area (Å²) >= 11 is 0. The van der Waals surface area contributed by atoms with Crippen LogP contribution in [-0.4, -0.2) is 25.9 Å². The number of aromatic nitrogens is 1. The van der Waals surface area contributed by atoms with E-state index in [4.69, 9.17) is 0 Å². The zero-order chi connectivity index (χ0) is 13.1. The van der Waals surface area contributed by atoms with Crippen LogP contribution in [0.15, 0.2) is 42.5 Å². The number of carboxylic acid groups (broad SMARTS) is 1. The lowest BCUT2D eigenvalue weighted by atomic mass is 10.1. The van der Waals surface area contributed by atoms with Crippen molar-refractivity contribution in [3.8, 4) is 11.8 Å². The molecular formula is C13H13NO4. The second kappa shape index (κ2) is 4.83. The quantitative estimate of drug-likeness (QED) is 0.768. The van der Waals surface area contributed by atoms with Crippen molar-refractivity contribution in [1.29, 1.82) is 0 Å². The lowest BCUT2D eigenvalue weighted by molar-refractivity contribution is -0.141. The largest absolute Gasteiger partial charge is 0.494 e. The molecule has 1 unspecified atom stereocenters. The molecule has 5 nitrogen and oxygen atoms in total. The van der Waals surface area contributed by atoms with E-state index in [9.17, 15) is 20.1 Å². The average Bonchev–Trinajstić information content (AvgIpc) is 2.67. The van der Waals surface area contributed by atoms with E-state index >= 15 is 0 Å². The summed E-state index contributed by atoms with van der Waals surface area (Å²) in [6.07, 6.45) is 0.186. The molecule has 2 rings (SSSR count). The number of benzene rings is 1. The van der Waals surface area contributed by atoms with E-state index in [1.165, 1.54) is 12.1 Å². The highest BCUT2D eigenvalue weighted by Gasteiger charge is 2.24. The number of carboxylic acids is 1. The summed E-state index contributed by atoms with van der Waals surface area (Å²) < 4.78 is 0.995. The van der Waals surface area contributed by atoms with Gasteiger partial charge in [-0.3, -0.25) is 4.57 Å². The van der Waals surface area contributed by atoms with Crippen LogP contribution in [0.5, 0.6) is 11.8 Å². The second-order valence-corrected chi connectivity index (χ2v) is 3.96. The Morgan fingerprint density at radius 1 is 1.06 bits per heavy atom. The molecule has 0 radical (unpaired) electrons. The lowest BCUT2D eigenvalue weighted by Gasteiger charge is -2.16. The Labute approximate surface area is 104 Å². The van der Waals surface area contributed by atoms with Crippen molar-refractivity contribution in [2.75, 3.05) is 0 Å². The van der Waals surface area contributed by atoms with Gasteiger partial charge in [0.05, 0.1) is 0 Å². The smallest absolute Gasteiger partial charge is 0.327 e. The van der Waals surface area contributed by atoms with Gasteiger partial charge in [-0.2, -0.15) is 0 Å². The summed E-state index contributed by atoms with van der Waals surface area (Å²) in [5.74, 6) is -1.65. The summed E-state index contributed by atoms with van der Waals surface area (Å²) in [6, 6.07) is 10.5.